The summed E-state index contributed by atoms with van der Waals surface area (Å²) in [6.45, 7) is 5.19. The minimum Gasteiger partial charge on any atom is -0.329 e. The van der Waals surface area contributed by atoms with Crippen molar-refractivity contribution in [3.05, 3.63) is 35.9 Å². The summed E-state index contributed by atoms with van der Waals surface area (Å²) in [6.07, 6.45) is 8.35. The van der Waals surface area contributed by atoms with E-state index in [1.165, 1.54) is 44.1 Å². The zero-order valence-corrected chi connectivity index (χ0v) is 12.9. The SMILES string of the molecule is CCN(Cc1ccccc1)C(CN)C1CCCCCC1. The van der Waals surface area contributed by atoms with E-state index in [-0.39, 0.29) is 0 Å². The summed E-state index contributed by atoms with van der Waals surface area (Å²) in [5.74, 6) is 0.797. The lowest BCUT2D eigenvalue weighted by Gasteiger charge is -2.35. The zero-order valence-electron chi connectivity index (χ0n) is 12.9. The van der Waals surface area contributed by atoms with Crippen molar-refractivity contribution < 1.29 is 0 Å². The molecule has 0 spiro atoms. The predicted molar refractivity (Wildman–Crippen MR) is 86.6 cm³/mol. The molecule has 1 aromatic rings. The van der Waals surface area contributed by atoms with Gasteiger partial charge in [-0.2, -0.15) is 0 Å². The molecule has 0 amide bonds. The summed E-state index contributed by atoms with van der Waals surface area (Å²) in [5, 5.41) is 0. The average Bonchev–Trinajstić information content (AvgIpc) is 2.77. The third kappa shape index (κ3) is 4.32. The molecule has 0 radical (unpaired) electrons. The Bertz CT molecular complexity index is 355. The second-order valence-corrected chi connectivity index (χ2v) is 6.10. The molecule has 1 aliphatic carbocycles. The Morgan fingerprint density at radius 2 is 1.75 bits per heavy atom. The van der Waals surface area contributed by atoms with Gasteiger partial charge in [-0.25, -0.2) is 0 Å². The summed E-state index contributed by atoms with van der Waals surface area (Å²) in [7, 11) is 0. The highest BCUT2D eigenvalue weighted by atomic mass is 15.2. The third-order valence-electron chi connectivity index (χ3n) is 4.79. The van der Waals surface area contributed by atoms with Gasteiger partial charge in [0.2, 0.25) is 0 Å². The predicted octanol–water partition coefficient (Wildman–Crippen LogP) is 3.81. The molecule has 1 aliphatic rings. The average molecular weight is 274 g/mol. The van der Waals surface area contributed by atoms with Crippen molar-refractivity contribution in [2.75, 3.05) is 13.1 Å². The molecular formula is C18H30N2. The molecule has 0 aromatic heterocycles. The number of nitrogens with two attached hydrogens (primary N) is 1. The van der Waals surface area contributed by atoms with E-state index >= 15 is 0 Å². The van der Waals surface area contributed by atoms with Crippen LogP contribution in [-0.4, -0.2) is 24.0 Å². The molecule has 1 fully saturated rings. The lowest BCUT2D eigenvalue weighted by Crippen LogP contribution is -2.45. The van der Waals surface area contributed by atoms with Gasteiger partial charge >= 0.3 is 0 Å². The van der Waals surface area contributed by atoms with Crippen molar-refractivity contribution in [2.24, 2.45) is 11.7 Å². The van der Waals surface area contributed by atoms with Gasteiger partial charge in [-0.15, -0.1) is 0 Å². The Morgan fingerprint density at radius 1 is 1.10 bits per heavy atom. The smallest absolute Gasteiger partial charge is 0.0250 e. The summed E-state index contributed by atoms with van der Waals surface area (Å²) < 4.78 is 0. The first kappa shape index (κ1) is 15.5. The molecule has 1 atom stereocenters. The van der Waals surface area contributed by atoms with E-state index in [2.05, 4.69) is 42.2 Å². The second kappa shape index (κ2) is 8.43. The lowest BCUT2D eigenvalue weighted by molar-refractivity contribution is 0.134. The maximum absolute atomic E-state index is 6.14. The van der Waals surface area contributed by atoms with Crippen molar-refractivity contribution >= 4 is 0 Å². The van der Waals surface area contributed by atoms with Gasteiger partial charge in [-0.1, -0.05) is 62.9 Å². The molecule has 0 heterocycles. The monoisotopic (exact) mass is 274 g/mol. The van der Waals surface area contributed by atoms with Crippen LogP contribution in [0.3, 0.4) is 0 Å². The summed E-state index contributed by atoms with van der Waals surface area (Å²) >= 11 is 0. The van der Waals surface area contributed by atoms with Crippen molar-refractivity contribution in [1.29, 1.82) is 0 Å². The quantitative estimate of drug-likeness (QED) is 0.799. The largest absolute Gasteiger partial charge is 0.329 e. The summed E-state index contributed by atoms with van der Waals surface area (Å²) in [5.41, 5.74) is 7.55. The molecule has 2 rings (SSSR count). The number of rotatable bonds is 6. The fourth-order valence-corrected chi connectivity index (χ4v) is 3.62. The molecule has 0 aliphatic heterocycles. The van der Waals surface area contributed by atoms with Gasteiger partial charge in [0.1, 0.15) is 0 Å². The lowest BCUT2D eigenvalue weighted by atomic mass is 9.90. The third-order valence-corrected chi connectivity index (χ3v) is 4.79. The van der Waals surface area contributed by atoms with E-state index < -0.39 is 0 Å². The first-order valence-electron chi connectivity index (χ1n) is 8.33. The van der Waals surface area contributed by atoms with E-state index in [1.54, 1.807) is 0 Å². The van der Waals surface area contributed by atoms with Crippen LogP contribution in [-0.2, 0) is 6.54 Å². The van der Waals surface area contributed by atoms with E-state index in [0.29, 0.717) is 6.04 Å². The van der Waals surface area contributed by atoms with Gasteiger partial charge < -0.3 is 5.73 Å². The Labute approximate surface area is 124 Å². The van der Waals surface area contributed by atoms with Gasteiger partial charge in [0.05, 0.1) is 0 Å². The van der Waals surface area contributed by atoms with Crippen LogP contribution in [0.1, 0.15) is 51.0 Å². The standard InChI is InChI=1S/C18H30N2/c1-2-20(15-16-10-6-5-7-11-16)18(14-19)17-12-8-3-4-9-13-17/h5-7,10-11,17-18H,2-4,8-9,12-15,19H2,1H3. The molecule has 112 valence electrons. The zero-order chi connectivity index (χ0) is 14.2. The summed E-state index contributed by atoms with van der Waals surface area (Å²) in [6, 6.07) is 11.4. The molecule has 2 nitrogen and oxygen atoms in total. The van der Waals surface area contributed by atoms with E-state index in [4.69, 9.17) is 5.73 Å². The van der Waals surface area contributed by atoms with E-state index in [1.807, 2.05) is 0 Å². The number of hydrogen-bond donors (Lipinski definition) is 1. The van der Waals surface area contributed by atoms with Crippen molar-refractivity contribution in [3.8, 4) is 0 Å². The topological polar surface area (TPSA) is 29.3 Å². The number of hydrogen-bond acceptors (Lipinski definition) is 2. The van der Waals surface area contributed by atoms with Crippen LogP contribution in [0.4, 0.5) is 0 Å². The van der Waals surface area contributed by atoms with Gasteiger partial charge in [0.25, 0.3) is 0 Å². The molecule has 1 aromatic carbocycles. The first-order chi connectivity index (χ1) is 9.85. The minimum absolute atomic E-state index is 0.554. The highest BCUT2D eigenvalue weighted by Crippen LogP contribution is 2.28. The van der Waals surface area contributed by atoms with E-state index in [0.717, 1.165) is 25.6 Å². The second-order valence-electron chi connectivity index (χ2n) is 6.10. The van der Waals surface area contributed by atoms with Crippen LogP contribution in [0.15, 0.2) is 30.3 Å². The van der Waals surface area contributed by atoms with Crippen molar-refractivity contribution in [3.63, 3.8) is 0 Å². The molecule has 20 heavy (non-hydrogen) atoms. The molecule has 1 saturated carbocycles. The number of benzene rings is 1. The van der Waals surface area contributed by atoms with Crippen LogP contribution in [0, 0.1) is 5.92 Å². The maximum Gasteiger partial charge on any atom is 0.0250 e. The molecule has 2 N–H and O–H groups in total. The fraction of sp³-hybridized carbons (Fsp3) is 0.667. The van der Waals surface area contributed by atoms with Crippen LogP contribution in [0.5, 0.6) is 0 Å². The molecule has 0 bridgehead atoms. The van der Waals surface area contributed by atoms with Crippen molar-refractivity contribution in [1.82, 2.24) is 4.90 Å². The number of likely N-dealkylation sites (N-methyl/N-ethyl adjacent to an activating group) is 1. The first-order valence-corrected chi connectivity index (χ1v) is 8.33. The molecule has 1 unspecified atom stereocenters. The highest BCUT2D eigenvalue weighted by Gasteiger charge is 2.26. The Hall–Kier alpha value is -0.860. The van der Waals surface area contributed by atoms with Gasteiger partial charge in [-0.3, -0.25) is 4.90 Å². The van der Waals surface area contributed by atoms with Crippen LogP contribution in [0.2, 0.25) is 0 Å². The Balaban J connectivity index is 2.02. The van der Waals surface area contributed by atoms with Gasteiger partial charge in [0, 0.05) is 19.1 Å². The number of nitrogens with zero attached hydrogens (tertiary/aromatic N) is 1. The van der Waals surface area contributed by atoms with Crippen LogP contribution < -0.4 is 5.73 Å². The normalized spacial score (nSPS) is 18.9. The molecule has 2 heteroatoms. The van der Waals surface area contributed by atoms with Gasteiger partial charge in [-0.05, 0) is 30.9 Å². The van der Waals surface area contributed by atoms with Crippen molar-refractivity contribution in [2.45, 2.75) is 58.0 Å². The maximum atomic E-state index is 6.14. The molecular weight excluding hydrogens is 244 g/mol. The van der Waals surface area contributed by atoms with Crippen LogP contribution >= 0.6 is 0 Å². The Kier molecular flexibility index (Phi) is 6.55. The molecule has 0 saturated heterocycles. The Morgan fingerprint density at radius 3 is 2.30 bits per heavy atom. The fourth-order valence-electron chi connectivity index (χ4n) is 3.62. The van der Waals surface area contributed by atoms with Gasteiger partial charge in [0.15, 0.2) is 0 Å². The van der Waals surface area contributed by atoms with Crippen LogP contribution in [0.25, 0.3) is 0 Å². The summed E-state index contributed by atoms with van der Waals surface area (Å²) in [4.78, 5) is 2.59. The van der Waals surface area contributed by atoms with E-state index in [9.17, 15) is 0 Å². The highest BCUT2D eigenvalue weighted by molar-refractivity contribution is 5.14. The minimum atomic E-state index is 0.554.